The van der Waals surface area contributed by atoms with Crippen molar-refractivity contribution in [2.75, 3.05) is 51.3 Å². The van der Waals surface area contributed by atoms with Crippen LogP contribution in [0.4, 0.5) is 14.5 Å². The number of fused-ring (bicyclic) bond motifs is 1. The topological polar surface area (TPSA) is 73.3 Å². The molecule has 2 aliphatic heterocycles. The summed E-state index contributed by atoms with van der Waals surface area (Å²) in [5, 5.41) is 10.5. The summed E-state index contributed by atoms with van der Waals surface area (Å²) in [6.07, 6.45) is -0.443. The third kappa shape index (κ3) is 4.31. The highest BCUT2D eigenvalue weighted by molar-refractivity contribution is 6.21. The zero-order valence-corrected chi connectivity index (χ0v) is 17.8. The third-order valence-electron chi connectivity index (χ3n) is 5.94. The van der Waals surface area contributed by atoms with E-state index in [1.165, 1.54) is 18.1 Å². The van der Waals surface area contributed by atoms with E-state index in [0.717, 1.165) is 6.07 Å². The van der Waals surface area contributed by atoms with Crippen LogP contribution in [0.2, 0.25) is 0 Å². The second-order valence-corrected chi connectivity index (χ2v) is 7.98. The molecule has 2 aliphatic rings. The number of carbonyl (C=O) groups excluding carboxylic acids is 2. The number of halogens is 2. The largest absolute Gasteiger partial charge is 0.492 e. The van der Waals surface area contributed by atoms with Gasteiger partial charge in [-0.15, -0.1) is 0 Å². The molecule has 0 aliphatic carbocycles. The van der Waals surface area contributed by atoms with Crippen molar-refractivity contribution < 1.29 is 28.2 Å². The summed E-state index contributed by atoms with van der Waals surface area (Å²) in [5.41, 5.74) is 1.16. The molecule has 170 valence electrons. The van der Waals surface area contributed by atoms with Crippen LogP contribution in [0, 0.1) is 11.6 Å². The van der Waals surface area contributed by atoms with E-state index in [9.17, 15) is 23.5 Å². The number of piperazine rings is 1. The number of aliphatic hydroxyl groups excluding tert-OH is 1. The van der Waals surface area contributed by atoms with Gasteiger partial charge in [0.15, 0.2) is 11.6 Å². The van der Waals surface area contributed by atoms with E-state index in [1.807, 2.05) is 9.80 Å². The number of aliphatic hydroxyl groups is 1. The smallest absolute Gasteiger partial charge is 0.261 e. The quantitative estimate of drug-likeness (QED) is 0.659. The summed E-state index contributed by atoms with van der Waals surface area (Å²) < 4.78 is 32.8. The second kappa shape index (κ2) is 9.22. The Kier molecular flexibility index (Phi) is 6.38. The summed E-state index contributed by atoms with van der Waals surface area (Å²) >= 11 is 0. The molecule has 32 heavy (non-hydrogen) atoms. The van der Waals surface area contributed by atoms with Crippen molar-refractivity contribution in [2.24, 2.45) is 0 Å². The van der Waals surface area contributed by atoms with Crippen LogP contribution >= 0.6 is 0 Å². The van der Waals surface area contributed by atoms with Gasteiger partial charge in [0, 0.05) is 51.4 Å². The third-order valence-corrected chi connectivity index (χ3v) is 5.94. The first-order valence-corrected chi connectivity index (χ1v) is 10.5. The fourth-order valence-corrected chi connectivity index (χ4v) is 4.26. The number of methoxy groups -OCH3 is 1. The van der Waals surface area contributed by atoms with Crippen molar-refractivity contribution in [3.05, 3.63) is 59.2 Å². The second-order valence-electron chi connectivity index (χ2n) is 7.98. The molecule has 4 rings (SSSR count). The van der Waals surface area contributed by atoms with Crippen LogP contribution in [0.25, 0.3) is 0 Å². The fourth-order valence-electron chi connectivity index (χ4n) is 4.26. The van der Waals surface area contributed by atoms with Crippen molar-refractivity contribution in [3.63, 3.8) is 0 Å². The molecule has 0 radical (unpaired) electrons. The average Bonchev–Trinajstić information content (AvgIpc) is 3.02. The van der Waals surface area contributed by atoms with Crippen molar-refractivity contribution in [1.29, 1.82) is 0 Å². The first-order valence-electron chi connectivity index (χ1n) is 10.5. The van der Waals surface area contributed by atoms with E-state index in [1.54, 1.807) is 24.3 Å². The number of nitrogens with zero attached hydrogens (tertiary/aromatic N) is 3. The minimum Gasteiger partial charge on any atom is -0.492 e. The molecule has 2 heterocycles. The first-order chi connectivity index (χ1) is 15.4. The van der Waals surface area contributed by atoms with Gasteiger partial charge in [0.2, 0.25) is 0 Å². The summed E-state index contributed by atoms with van der Waals surface area (Å²) in [6.45, 7) is 2.74. The molecule has 2 aromatic rings. The van der Waals surface area contributed by atoms with E-state index in [0.29, 0.717) is 49.5 Å². The van der Waals surface area contributed by atoms with Gasteiger partial charge in [-0.25, -0.2) is 8.78 Å². The highest BCUT2D eigenvalue weighted by atomic mass is 19.1. The maximum Gasteiger partial charge on any atom is 0.261 e. The maximum absolute atomic E-state index is 14.0. The van der Waals surface area contributed by atoms with Crippen LogP contribution < -0.4 is 9.64 Å². The average molecular weight is 445 g/mol. The number of anilines is 1. The number of ether oxygens (including phenoxy) is 1. The normalized spacial score (nSPS) is 17.6. The number of benzene rings is 2. The molecule has 0 aromatic heterocycles. The number of carbonyl (C=O) groups is 2. The minimum absolute atomic E-state index is 0.0147. The van der Waals surface area contributed by atoms with Crippen molar-refractivity contribution in [3.8, 4) is 5.75 Å². The molecule has 0 spiro atoms. The number of rotatable bonds is 7. The standard InChI is InChI=1S/C23H25F2N3O4/c1-32-21-19(25)12-15(24)13-20(21)27-10-8-26(9-11-27)14-16(29)6-7-28-22(30)17-4-2-3-5-18(17)23(28)31/h2-5,12-13,16,29H,6-11,14H2,1H3/t16-/m1/s1. The van der Waals surface area contributed by atoms with Crippen molar-refractivity contribution >= 4 is 17.5 Å². The lowest BCUT2D eigenvalue weighted by molar-refractivity contribution is 0.0590. The predicted molar refractivity (Wildman–Crippen MR) is 114 cm³/mol. The monoisotopic (exact) mass is 445 g/mol. The molecule has 2 aromatic carbocycles. The van der Waals surface area contributed by atoms with Crippen LogP contribution in [0.1, 0.15) is 27.1 Å². The van der Waals surface area contributed by atoms with Gasteiger partial charge < -0.3 is 14.7 Å². The SMILES string of the molecule is COc1c(F)cc(F)cc1N1CCN(C[C@H](O)CCN2C(=O)c3ccccc3C2=O)CC1. The van der Waals surface area contributed by atoms with Crippen LogP contribution in [0.15, 0.2) is 36.4 Å². The molecule has 7 nitrogen and oxygen atoms in total. The molecule has 0 bridgehead atoms. The molecule has 0 unspecified atom stereocenters. The van der Waals surface area contributed by atoms with E-state index in [-0.39, 0.29) is 30.5 Å². The molecule has 0 saturated carbocycles. The van der Waals surface area contributed by atoms with Crippen LogP contribution in [0.3, 0.4) is 0 Å². The maximum atomic E-state index is 14.0. The zero-order valence-electron chi connectivity index (χ0n) is 17.8. The highest BCUT2D eigenvalue weighted by Gasteiger charge is 2.35. The van der Waals surface area contributed by atoms with Crippen molar-refractivity contribution in [1.82, 2.24) is 9.80 Å². The summed E-state index contributed by atoms with van der Waals surface area (Å²) in [6, 6.07) is 8.75. The fraction of sp³-hybridized carbons (Fsp3) is 0.391. The first kappa shape index (κ1) is 22.2. The Morgan fingerprint density at radius 3 is 2.25 bits per heavy atom. The van der Waals surface area contributed by atoms with E-state index in [2.05, 4.69) is 0 Å². The van der Waals surface area contributed by atoms with Crippen LogP contribution in [-0.4, -0.2) is 79.2 Å². The van der Waals surface area contributed by atoms with E-state index >= 15 is 0 Å². The number of hydrogen-bond donors (Lipinski definition) is 1. The predicted octanol–water partition coefficient (Wildman–Crippen LogP) is 2.14. The molecule has 9 heteroatoms. The Labute approximate surface area is 184 Å². The van der Waals surface area contributed by atoms with E-state index < -0.39 is 17.7 Å². The number of amides is 2. The highest BCUT2D eigenvalue weighted by Crippen LogP contribution is 2.33. The molecule has 1 saturated heterocycles. The summed E-state index contributed by atoms with van der Waals surface area (Å²) in [7, 11) is 1.35. The number of imide groups is 1. The molecular weight excluding hydrogens is 420 g/mol. The Morgan fingerprint density at radius 2 is 1.66 bits per heavy atom. The lowest BCUT2D eigenvalue weighted by Crippen LogP contribution is -2.49. The minimum atomic E-state index is -0.742. The van der Waals surface area contributed by atoms with Crippen molar-refractivity contribution in [2.45, 2.75) is 12.5 Å². The van der Waals surface area contributed by atoms with Gasteiger partial charge >= 0.3 is 0 Å². The summed E-state index contributed by atoms with van der Waals surface area (Å²) in [5.74, 6) is -2.05. The summed E-state index contributed by atoms with van der Waals surface area (Å²) in [4.78, 5) is 29.9. The van der Waals surface area contributed by atoms with Crippen LogP contribution in [0.5, 0.6) is 5.75 Å². The molecule has 2 amide bonds. The molecule has 1 fully saturated rings. The number of hydrogen-bond acceptors (Lipinski definition) is 6. The molecule has 1 N–H and O–H groups in total. The van der Waals surface area contributed by atoms with E-state index in [4.69, 9.17) is 4.74 Å². The van der Waals surface area contributed by atoms with Gasteiger partial charge in [-0.2, -0.15) is 0 Å². The molecule has 1 atom stereocenters. The lowest BCUT2D eigenvalue weighted by Gasteiger charge is -2.37. The Hall–Kier alpha value is -3.04. The molecular formula is C23H25F2N3O4. The zero-order chi connectivity index (χ0) is 22.8. The Morgan fingerprint density at radius 1 is 1.03 bits per heavy atom. The Balaban J connectivity index is 1.28. The van der Waals surface area contributed by atoms with Gasteiger partial charge in [0.1, 0.15) is 5.82 Å². The van der Waals surface area contributed by atoms with Gasteiger partial charge in [-0.05, 0) is 18.6 Å². The van der Waals surface area contributed by atoms with Gasteiger partial charge in [0.25, 0.3) is 11.8 Å². The lowest BCUT2D eigenvalue weighted by atomic mass is 10.1. The Bertz CT molecular complexity index is 989. The van der Waals surface area contributed by atoms with Gasteiger partial charge in [0.05, 0.1) is 30.0 Å². The van der Waals surface area contributed by atoms with Gasteiger partial charge in [-0.3, -0.25) is 19.4 Å². The number of β-amino-alcohol motifs (C(OH)–C–C–N with tert-alkyl or cyclic N) is 1. The van der Waals surface area contributed by atoms with Gasteiger partial charge in [-0.1, -0.05) is 12.1 Å². The van der Waals surface area contributed by atoms with Crippen LogP contribution in [-0.2, 0) is 0 Å².